The average Bonchev–Trinajstić information content (AvgIpc) is 3.18. The zero-order chi connectivity index (χ0) is 25.0. The second-order valence-corrected chi connectivity index (χ2v) is 9.49. The van der Waals surface area contributed by atoms with Crippen LogP contribution in [-0.2, 0) is 4.79 Å². The molecule has 6 nitrogen and oxygen atoms in total. The van der Waals surface area contributed by atoms with Gasteiger partial charge in [-0.15, -0.1) is 0 Å². The molecule has 3 aromatic carbocycles. The van der Waals surface area contributed by atoms with Crippen LogP contribution in [0.4, 0.5) is 0 Å². The molecule has 0 bridgehead atoms. The van der Waals surface area contributed by atoms with Gasteiger partial charge in [-0.2, -0.15) is 0 Å². The van der Waals surface area contributed by atoms with Gasteiger partial charge in [0, 0.05) is 22.6 Å². The number of ketones is 1. The van der Waals surface area contributed by atoms with Crippen LogP contribution in [0.3, 0.4) is 0 Å². The number of para-hydroxylation sites is 1. The molecule has 1 N–H and O–H groups in total. The lowest BCUT2D eigenvalue weighted by molar-refractivity contribution is -0.135. The average molecular weight is 478 g/mol. The number of rotatable bonds is 3. The van der Waals surface area contributed by atoms with Crippen LogP contribution < -0.4 is 15.0 Å². The van der Waals surface area contributed by atoms with Crippen LogP contribution >= 0.6 is 0 Å². The number of H-pyrrole nitrogens is 1. The lowest BCUT2D eigenvalue weighted by Gasteiger charge is -2.26. The Labute approximate surface area is 207 Å². The molecule has 0 radical (unpaired) electrons. The van der Waals surface area contributed by atoms with E-state index < -0.39 is 11.9 Å². The van der Waals surface area contributed by atoms with Crippen molar-refractivity contribution in [1.29, 1.82) is 0 Å². The highest BCUT2D eigenvalue weighted by molar-refractivity contribution is 6.15. The van der Waals surface area contributed by atoms with Crippen molar-refractivity contribution in [2.75, 3.05) is 0 Å². The third-order valence-corrected chi connectivity index (χ3v) is 6.84. The van der Waals surface area contributed by atoms with Crippen molar-refractivity contribution < 1.29 is 19.1 Å². The Morgan fingerprint density at radius 3 is 2.50 bits per heavy atom. The lowest BCUT2D eigenvalue weighted by atomic mass is 9.85. The fourth-order valence-corrected chi connectivity index (χ4v) is 4.92. The van der Waals surface area contributed by atoms with Crippen LogP contribution in [0, 0.1) is 0 Å². The molecule has 0 fully saturated rings. The van der Waals surface area contributed by atoms with E-state index in [0.717, 1.165) is 10.9 Å². The summed E-state index contributed by atoms with van der Waals surface area (Å²) in [4.78, 5) is 41.7. The molecule has 36 heavy (non-hydrogen) atoms. The van der Waals surface area contributed by atoms with Gasteiger partial charge in [-0.25, -0.2) is 0 Å². The predicted molar refractivity (Wildman–Crippen MR) is 137 cm³/mol. The highest BCUT2D eigenvalue weighted by Crippen LogP contribution is 2.48. The first kappa shape index (κ1) is 22.0. The summed E-state index contributed by atoms with van der Waals surface area (Å²) < 4.78 is 11.6. The van der Waals surface area contributed by atoms with Crippen molar-refractivity contribution in [3.63, 3.8) is 0 Å². The summed E-state index contributed by atoms with van der Waals surface area (Å²) in [6, 6.07) is 20.5. The van der Waals surface area contributed by atoms with Gasteiger partial charge in [0.1, 0.15) is 11.5 Å². The van der Waals surface area contributed by atoms with Crippen molar-refractivity contribution in [1.82, 2.24) is 4.98 Å². The van der Waals surface area contributed by atoms with Crippen LogP contribution in [-0.4, -0.2) is 16.7 Å². The van der Waals surface area contributed by atoms with Crippen LogP contribution in [0.25, 0.3) is 17.0 Å². The summed E-state index contributed by atoms with van der Waals surface area (Å²) in [5.41, 5.74) is 3.83. The number of pyridine rings is 1. The molecule has 2 aliphatic heterocycles. The number of carbonyl (C=O) groups is 2. The molecule has 6 rings (SSSR count). The van der Waals surface area contributed by atoms with E-state index in [1.54, 1.807) is 24.3 Å². The summed E-state index contributed by atoms with van der Waals surface area (Å²) in [5.74, 6) is -0.0507. The van der Waals surface area contributed by atoms with Crippen LogP contribution in [0.1, 0.15) is 64.7 Å². The number of hydrogen-bond acceptors (Lipinski definition) is 5. The van der Waals surface area contributed by atoms with Crippen molar-refractivity contribution >= 4 is 28.7 Å². The number of fused-ring (bicyclic) bond motifs is 4. The molecule has 1 aromatic heterocycles. The number of allylic oxidation sites excluding steroid dienone is 1. The fraction of sp³-hybridized carbons (Fsp3) is 0.167. The molecular formula is C30H23NO5. The van der Waals surface area contributed by atoms with Gasteiger partial charge in [0.25, 0.3) is 5.56 Å². The number of ether oxygens (including phenoxy) is 2. The summed E-state index contributed by atoms with van der Waals surface area (Å²) in [6.45, 7) is 4.25. The third kappa shape index (κ3) is 3.62. The van der Waals surface area contributed by atoms with E-state index in [9.17, 15) is 14.4 Å². The van der Waals surface area contributed by atoms with Crippen molar-refractivity contribution in [3.8, 4) is 11.5 Å². The lowest BCUT2D eigenvalue weighted by Crippen LogP contribution is -2.26. The monoisotopic (exact) mass is 477 g/mol. The summed E-state index contributed by atoms with van der Waals surface area (Å²) in [6.07, 6.45) is 1.68. The minimum Gasteiger partial charge on any atom is -0.452 e. The molecule has 6 heteroatoms. The van der Waals surface area contributed by atoms with Crippen molar-refractivity contribution in [2.24, 2.45) is 0 Å². The molecule has 3 heterocycles. The van der Waals surface area contributed by atoms with E-state index in [0.29, 0.717) is 39.6 Å². The normalized spacial score (nSPS) is 17.8. The molecule has 0 saturated heterocycles. The van der Waals surface area contributed by atoms with Gasteiger partial charge < -0.3 is 14.5 Å². The van der Waals surface area contributed by atoms with E-state index >= 15 is 0 Å². The van der Waals surface area contributed by atoms with E-state index in [1.165, 1.54) is 5.56 Å². The molecule has 0 aliphatic carbocycles. The molecule has 0 unspecified atom stereocenters. The largest absolute Gasteiger partial charge is 0.452 e. The van der Waals surface area contributed by atoms with Crippen LogP contribution in [0.2, 0.25) is 0 Å². The number of esters is 1. The first-order valence-corrected chi connectivity index (χ1v) is 11.9. The predicted octanol–water partition coefficient (Wildman–Crippen LogP) is 5.71. The SMILES string of the molecule is CC(C)c1ccc(/C=C2\Oc3c(ccc4c3[C@@H](c3cc5ccccc5[nH]c3=O)CC(=O)O4)C2=O)cc1. The minimum atomic E-state index is -0.609. The second-order valence-electron chi connectivity index (χ2n) is 9.49. The highest BCUT2D eigenvalue weighted by Gasteiger charge is 2.39. The number of aromatic nitrogens is 1. The Morgan fingerprint density at radius 1 is 0.944 bits per heavy atom. The molecule has 0 amide bonds. The third-order valence-electron chi connectivity index (χ3n) is 6.84. The Morgan fingerprint density at radius 2 is 1.72 bits per heavy atom. The number of benzene rings is 3. The Balaban J connectivity index is 1.45. The van der Waals surface area contributed by atoms with E-state index in [4.69, 9.17) is 9.47 Å². The van der Waals surface area contributed by atoms with E-state index in [1.807, 2.05) is 48.5 Å². The molecule has 0 saturated carbocycles. The number of Topliss-reactive ketones (excluding diaryl/α,β-unsaturated/α-hetero) is 1. The molecule has 0 spiro atoms. The van der Waals surface area contributed by atoms with E-state index in [2.05, 4.69) is 18.8 Å². The first-order chi connectivity index (χ1) is 17.4. The van der Waals surface area contributed by atoms with Gasteiger partial charge >= 0.3 is 5.97 Å². The molecule has 1 atom stereocenters. The second kappa shape index (κ2) is 8.34. The Kier molecular flexibility index (Phi) is 5.11. The zero-order valence-corrected chi connectivity index (χ0v) is 19.8. The van der Waals surface area contributed by atoms with Crippen LogP contribution in [0.5, 0.6) is 11.5 Å². The van der Waals surface area contributed by atoms with Crippen LogP contribution in [0.15, 0.2) is 77.3 Å². The molecule has 2 aliphatic rings. The maximum Gasteiger partial charge on any atom is 0.312 e. The number of hydrogen-bond donors (Lipinski definition) is 1. The van der Waals surface area contributed by atoms with Gasteiger partial charge in [-0.3, -0.25) is 14.4 Å². The Hall–Kier alpha value is -4.45. The van der Waals surface area contributed by atoms with Gasteiger partial charge in [0.2, 0.25) is 5.78 Å². The maximum absolute atomic E-state index is 13.2. The zero-order valence-electron chi connectivity index (χ0n) is 19.8. The van der Waals surface area contributed by atoms with Gasteiger partial charge in [-0.1, -0.05) is 56.3 Å². The number of carbonyl (C=O) groups excluding carboxylic acids is 2. The van der Waals surface area contributed by atoms with Gasteiger partial charge in [-0.05, 0) is 52.8 Å². The molecular weight excluding hydrogens is 454 g/mol. The van der Waals surface area contributed by atoms with Gasteiger partial charge in [0.05, 0.1) is 12.0 Å². The van der Waals surface area contributed by atoms with Crippen molar-refractivity contribution in [2.45, 2.75) is 32.1 Å². The quantitative estimate of drug-likeness (QED) is 0.232. The number of nitrogens with one attached hydrogen (secondary N) is 1. The minimum absolute atomic E-state index is 0.0296. The van der Waals surface area contributed by atoms with E-state index in [-0.39, 0.29) is 23.5 Å². The topological polar surface area (TPSA) is 85.5 Å². The number of aromatic amines is 1. The molecule has 178 valence electrons. The summed E-state index contributed by atoms with van der Waals surface area (Å²) >= 11 is 0. The summed E-state index contributed by atoms with van der Waals surface area (Å²) in [7, 11) is 0. The Bertz CT molecular complexity index is 1640. The smallest absolute Gasteiger partial charge is 0.312 e. The maximum atomic E-state index is 13.2. The highest BCUT2D eigenvalue weighted by atomic mass is 16.5. The standard InChI is InChI=1S/C30H23NO5/c1-16(2)18-9-7-17(8-10-18)13-25-28(33)20-11-12-24-27(29(20)36-25)21(15-26(32)35-24)22-14-19-5-3-4-6-23(19)31-30(22)34/h3-14,16,21H,15H2,1-2H3,(H,31,34)/b25-13-/t21-/m1/s1. The van der Waals surface area contributed by atoms with Gasteiger partial charge in [0.15, 0.2) is 5.76 Å². The summed E-state index contributed by atoms with van der Waals surface area (Å²) in [5, 5.41) is 0.850. The van der Waals surface area contributed by atoms with Crippen molar-refractivity contribution in [3.05, 3.63) is 111 Å². The first-order valence-electron chi connectivity index (χ1n) is 11.9. The molecule has 4 aromatic rings. The fourth-order valence-electron chi connectivity index (χ4n) is 4.92.